The van der Waals surface area contributed by atoms with Crippen molar-refractivity contribution in [3.05, 3.63) is 68.5 Å². The predicted molar refractivity (Wildman–Crippen MR) is 92.6 cm³/mol. The van der Waals surface area contributed by atoms with Crippen molar-refractivity contribution < 1.29 is 9.53 Å². The van der Waals surface area contributed by atoms with Crippen LogP contribution in [0.4, 0.5) is 0 Å². The van der Waals surface area contributed by atoms with Crippen LogP contribution in [0.3, 0.4) is 0 Å². The van der Waals surface area contributed by atoms with Crippen LogP contribution in [0.25, 0.3) is 0 Å². The molecule has 7 heteroatoms. The number of carbonyl (C=O) groups is 1. The Labute approximate surface area is 145 Å². The molecule has 1 aliphatic heterocycles. The van der Waals surface area contributed by atoms with E-state index in [0.717, 1.165) is 10.1 Å². The maximum Gasteiger partial charge on any atom is 0.330 e. The van der Waals surface area contributed by atoms with Crippen molar-refractivity contribution in [2.75, 3.05) is 19.7 Å². The Morgan fingerprint density at radius 3 is 2.56 bits per heavy atom. The van der Waals surface area contributed by atoms with Crippen LogP contribution in [0, 0.1) is 0 Å². The quantitative estimate of drug-likeness (QED) is 0.804. The normalized spacial score (nSPS) is 18.0. The second-order valence-corrected chi connectivity index (χ2v) is 6.15. The molecule has 0 radical (unpaired) electrons. The summed E-state index contributed by atoms with van der Waals surface area (Å²) in [5.41, 5.74) is 0.0559. The molecule has 0 bridgehead atoms. The van der Waals surface area contributed by atoms with Crippen LogP contribution in [0.15, 0.2) is 46.1 Å². The third-order valence-corrected chi connectivity index (χ3v) is 4.48. The van der Waals surface area contributed by atoms with Gasteiger partial charge in [-0.3, -0.25) is 14.2 Å². The van der Waals surface area contributed by atoms with E-state index in [-0.39, 0.29) is 17.6 Å². The average Bonchev–Trinajstić information content (AvgIpc) is 2.89. The molecular weight excluding hydrogens is 322 g/mol. The standard InChI is InChI=1S/C18H21N3O4/c1-19-12-14(16(22)20(2)18(19)24)17(23)21-9-8-15(25-11-10-21)13-6-4-3-5-7-13/h3-7,12,15H,8-11H2,1-2H3. The molecule has 1 amide bonds. The van der Waals surface area contributed by atoms with Crippen molar-refractivity contribution >= 4 is 5.91 Å². The lowest BCUT2D eigenvalue weighted by Crippen LogP contribution is -2.43. The van der Waals surface area contributed by atoms with E-state index in [9.17, 15) is 14.4 Å². The van der Waals surface area contributed by atoms with E-state index >= 15 is 0 Å². The minimum absolute atomic E-state index is 0.00256. The largest absolute Gasteiger partial charge is 0.372 e. The Hall–Kier alpha value is -2.67. The maximum absolute atomic E-state index is 12.8. The van der Waals surface area contributed by atoms with Crippen molar-refractivity contribution in [3.63, 3.8) is 0 Å². The lowest BCUT2D eigenvalue weighted by atomic mass is 10.1. The second-order valence-electron chi connectivity index (χ2n) is 6.15. The molecule has 1 atom stereocenters. The maximum atomic E-state index is 12.8. The molecule has 0 spiro atoms. The number of aryl methyl sites for hydroxylation is 1. The van der Waals surface area contributed by atoms with Gasteiger partial charge in [0.15, 0.2) is 0 Å². The second kappa shape index (κ2) is 7.06. The fraction of sp³-hybridized carbons (Fsp3) is 0.389. The first kappa shape index (κ1) is 17.2. The zero-order chi connectivity index (χ0) is 18.0. The van der Waals surface area contributed by atoms with Crippen LogP contribution < -0.4 is 11.2 Å². The van der Waals surface area contributed by atoms with Gasteiger partial charge < -0.3 is 14.2 Å². The molecule has 1 saturated heterocycles. The first-order chi connectivity index (χ1) is 12.0. The lowest BCUT2D eigenvalue weighted by molar-refractivity contribution is 0.0584. The summed E-state index contributed by atoms with van der Waals surface area (Å²) in [5.74, 6) is -0.367. The monoisotopic (exact) mass is 343 g/mol. The smallest absolute Gasteiger partial charge is 0.330 e. The average molecular weight is 343 g/mol. The van der Waals surface area contributed by atoms with E-state index in [0.29, 0.717) is 26.1 Å². The van der Waals surface area contributed by atoms with Gasteiger partial charge >= 0.3 is 5.69 Å². The van der Waals surface area contributed by atoms with Crippen molar-refractivity contribution in [2.24, 2.45) is 14.1 Å². The highest BCUT2D eigenvalue weighted by molar-refractivity contribution is 5.93. The molecule has 0 aliphatic carbocycles. The summed E-state index contributed by atoms with van der Waals surface area (Å²) in [5, 5.41) is 0. The minimum atomic E-state index is -0.571. The third-order valence-electron chi connectivity index (χ3n) is 4.48. The Morgan fingerprint density at radius 1 is 1.12 bits per heavy atom. The Balaban J connectivity index is 1.80. The Kier molecular flexibility index (Phi) is 4.85. The molecule has 2 aromatic rings. The van der Waals surface area contributed by atoms with E-state index in [1.807, 2.05) is 30.3 Å². The van der Waals surface area contributed by atoms with Crippen LogP contribution in [-0.2, 0) is 18.8 Å². The van der Waals surface area contributed by atoms with Crippen molar-refractivity contribution in [3.8, 4) is 0 Å². The molecule has 3 rings (SSSR count). The highest BCUT2D eigenvalue weighted by Crippen LogP contribution is 2.23. The molecule has 1 aromatic carbocycles. The number of carbonyl (C=O) groups excluding carboxylic acids is 1. The zero-order valence-electron chi connectivity index (χ0n) is 14.3. The van der Waals surface area contributed by atoms with E-state index in [1.165, 1.54) is 24.9 Å². The third kappa shape index (κ3) is 3.41. The zero-order valence-corrected chi connectivity index (χ0v) is 14.3. The summed E-state index contributed by atoms with van der Waals surface area (Å²) in [6, 6.07) is 9.88. The fourth-order valence-corrected chi connectivity index (χ4v) is 3.03. The van der Waals surface area contributed by atoms with Crippen LogP contribution in [-0.4, -0.2) is 39.6 Å². The number of hydrogen-bond donors (Lipinski definition) is 0. The van der Waals surface area contributed by atoms with E-state index in [1.54, 1.807) is 4.90 Å². The van der Waals surface area contributed by atoms with E-state index in [4.69, 9.17) is 4.74 Å². The molecule has 1 aliphatic rings. The highest BCUT2D eigenvalue weighted by atomic mass is 16.5. The Bertz CT molecular complexity index is 885. The number of rotatable bonds is 2. The highest BCUT2D eigenvalue weighted by Gasteiger charge is 2.25. The first-order valence-electron chi connectivity index (χ1n) is 8.21. The molecule has 1 aromatic heterocycles. The number of hydrogen-bond acceptors (Lipinski definition) is 4. The molecule has 1 unspecified atom stereocenters. The molecule has 0 saturated carbocycles. The first-order valence-corrected chi connectivity index (χ1v) is 8.21. The number of benzene rings is 1. The molecule has 2 heterocycles. The number of aromatic nitrogens is 2. The van der Waals surface area contributed by atoms with Crippen LogP contribution in [0.2, 0.25) is 0 Å². The molecule has 132 valence electrons. The van der Waals surface area contributed by atoms with Gasteiger partial charge in [-0.1, -0.05) is 30.3 Å². The summed E-state index contributed by atoms with van der Waals surface area (Å²) in [6.45, 7) is 1.30. The van der Waals surface area contributed by atoms with E-state index < -0.39 is 11.2 Å². The summed E-state index contributed by atoms with van der Waals surface area (Å²) in [7, 11) is 2.90. The van der Waals surface area contributed by atoms with Crippen LogP contribution in [0.1, 0.15) is 28.4 Å². The van der Waals surface area contributed by atoms with Gasteiger partial charge in [-0.2, -0.15) is 0 Å². The van der Waals surface area contributed by atoms with Gasteiger partial charge in [-0.05, 0) is 12.0 Å². The van der Waals surface area contributed by atoms with Gasteiger partial charge in [0.25, 0.3) is 11.5 Å². The van der Waals surface area contributed by atoms with Crippen molar-refractivity contribution in [1.82, 2.24) is 14.0 Å². The van der Waals surface area contributed by atoms with E-state index in [2.05, 4.69) is 0 Å². The van der Waals surface area contributed by atoms with Gasteiger partial charge in [0.2, 0.25) is 0 Å². The van der Waals surface area contributed by atoms with Gasteiger partial charge in [0.05, 0.1) is 12.7 Å². The van der Waals surface area contributed by atoms with Gasteiger partial charge in [-0.15, -0.1) is 0 Å². The van der Waals surface area contributed by atoms with Gasteiger partial charge in [0, 0.05) is 33.4 Å². The molecule has 25 heavy (non-hydrogen) atoms. The minimum Gasteiger partial charge on any atom is -0.372 e. The molecule has 1 fully saturated rings. The SMILES string of the molecule is Cn1cc(C(=O)N2CCOC(c3ccccc3)CC2)c(=O)n(C)c1=O. The van der Waals surface area contributed by atoms with Crippen LogP contribution in [0.5, 0.6) is 0 Å². The van der Waals surface area contributed by atoms with Gasteiger partial charge in [0.1, 0.15) is 5.56 Å². The summed E-state index contributed by atoms with van der Waals surface area (Å²) < 4.78 is 8.07. The predicted octanol–water partition coefficient (Wildman–Crippen LogP) is 0.688. The summed E-state index contributed by atoms with van der Waals surface area (Å²) >= 11 is 0. The van der Waals surface area contributed by atoms with Crippen molar-refractivity contribution in [1.29, 1.82) is 0 Å². The fourth-order valence-electron chi connectivity index (χ4n) is 3.03. The van der Waals surface area contributed by atoms with Gasteiger partial charge in [-0.25, -0.2) is 4.79 Å². The summed E-state index contributed by atoms with van der Waals surface area (Å²) in [4.78, 5) is 38.4. The molecular formula is C18H21N3O4. The number of ether oxygens (including phenoxy) is 1. The number of amides is 1. The molecule has 0 N–H and O–H groups in total. The molecule has 7 nitrogen and oxygen atoms in total. The lowest BCUT2D eigenvalue weighted by Gasteiger charge is -2.20. The summed E-state index contributed by atoms with van der Waals surface area (Å²) in [6.07, 6.45) is 1.90. The topological polar surface area (TPSA) is 73.5 Å². The van der Waals surface area contributed by atoms with Crippen molar-refractivity contribution in [2.45, 2.75) is 12.5 Å². The van der Waals surface area contributed by atoms with Crippen LogP contribution >= 0.6 is 0 Å². The number of nitrogens with zero attached hydrogens (tertiary/aromatic N) is 3. The Morgan fingerprint density at radius 2 is 1.84 bits per heavy atom.